The first-order chi connectivity index (χ1) is 8.06. The molecule has 0 radical (unpaired) electrons. The first kappa shape index (κ1) is 13.4. The highest BCUT2D eigenvalue weighted by atomic mass is 16.3. The molecule has 2 fully saturated rings. The van der Waals surface area contributed by atoms with Crippen molar-refractivity contribution in [1.29, 1.82) is 0 Å². The maximum atomic E-state index is 11.0. The zero-order valence-electron chi connectivity index (χ0n) is 11.4. The number of nitrogens with two attached hydrogens (primary N) is 1. The second kappa shape index (κ2) is 5.27. The molecule has 0 amide bonds. The van der Waals surface area contributed by atoms with Crippen LogP contribution in [0.2, 0.25) is 0 Å². The van der Waals surface area contributed by atoms with Gasteiger partial charge >= 0.3 is 0 Å². The van der Waals surface area contributed by atoms with E-state index in [1.807, 2.05) is 0 Å². The molecule has 0 aromatic rings. The van der Waals surface area contributed by atoms with Gasteiger partial charge in [0.2, 0.25) is 0 Å². The third kappa shape index (κ3) is 2.85. The lowest BCUT2D eigenvalue weighted by molar-refractivity contribution is -0.0811. The fourth-order valence-corrected chi connectivity index (χ4v) is 3.74. The van der Waals surface area contributed by atoms with E-state index in [0.29, 0.717) is 0 Å². The van der Waals surface area contributed by atoms with Gasteiger partial charge in [0.1, 0.15) is 0 Å². The van der Waals surface area contributed by atoms with Gasteiger partial charge in [-0.3, -0.25) is 0 Å². The Labute approximate surface area is 106 Å². The van der Waals surface area contributed by atoms with Crippen LogP contribution in [-0.4, -0.2) is 16.2 Å². The average Bonchev–Trinajstić information content (AvgIpc) is 2.28. The summed E-state index contributed by atoms with van der Waals surface area (Å²) in [5, 5.41) is 11.0. The predicted molar refractivity (Wildman–Crippen MR) is 71.8 cm³/mol. The van der Waals surface area contributed by atoms with E-state index in [2.05, 4.69) is 6.92 Å². The van der Waals surface area contributed by atoms with Crippen molar-refractivity contribution in [3.05, 3.63) is 0 Å². The Balaban J connectivity index is 2.05. The molecule has 2 aliphatic rings. The first-order valence-electron chi connectivity index (χ1n) is 7.57. The van der Waals surface area contributed by atoms with Crippen molar-refractivity contribution in [3.8, 4) is 0 Å². The third-order valence-corrected chi connectivity index (χ3v) is 5.27. The molecule has 0 bridgehead atoms. The van der Waals surface area contributed by atoms with Gasteiger partial charge in [-0.25, -0.2) is 0 Å². The van der Waals surface area contributed by atoms with E-state index < -0.39 is 5.60 Å². The largest absolute Gasteiger partial charge is 0.388 e. The molecule has 2 saturated carbocycles. The van der Waals surface area contributed by atoms with Gasteiger partial charge in [-0.15, -0.1) is 0 Å². The molecule has 0 aromatic carbocycles. The summed E-state index contributed by atoms with van der Waals surface area (Å²) >= 11 is 0. The maximum absolute atomic E-state index is 11.0. The predicted octanol–water partition coefficient (Wildman–Crippen LogP) is 3.37. The Morgan fingerprint density at radius 3 is 1.88 bits per heavy atom. The molecule has 2 nitrogen and oxygen atoms in total. The van der Waals surface area contributed by atoms with E-state index in [0.717, 1.165) is 44.4 Å². The van der Waals surface area contributed by atoms with Crippen molar-refractivity contribution in [1.82, 2.24) is 0 Å². The average molecular weight is 239 g/mol. The summed E-state index contributed by atoms with van der Waals surface area (Å²) in [5.74, 6) is 0.771. The second-order valence-electron chi connectivity index (χ2n) is 6.64. The van der Waals surface area contributed by atoms with Crippen LogP contribution in [0.3, 0.4) is 0 Å². The second-order valence-corrected chi connectivity index (χ2v) is 6.64. The quantitative estimate of drug-likeness (QED) is 0.737. The van der Waals surface area contributed by atoms with Crippen LogP contribution in [0.4, 0.5) is 0 Å². The van der Waals surface area contributed by atoms with Crippen molar-refractivity contribution in [2.75, 3.05) is 0 Å². The molecular weight excluding hydrogens is 210 g/mol. The Bertz CT molecular complexity index is 235. The fourth-order valence-electron chi connectivity index (χ4n) is 3.74. The lowest BCUT2D eigenvalue weighted by atomic mass is 9.64. The number of hydrogen-bond donors (Lipinski definition) is 2. The SMILES string of the molecule is CC1CCC(O)(C2(N)CCCCCCC2)CC1. The third-order valence-electron chi connectivity index (χ3n) is 5.27. The van der Waals surface area contributed by atoms with Crippen LogP contribution in [0, 0.1) is 5.92 Å². The molecule has 3 N–H and O–H groups in total. The number of rotatable bonds is 1. The van der Waals surface area contributed by atoms with Crippen molar-refractivity contribution < 1.29 is 5.11 Å². The zero-order chi connectivity index (χ0) is 12.4. The van der Waals surface area contributed by atoms with Gasteiger partial charge in [-0.2, -0.15) is 0 Å². The smallest absolute Gasteiger partial charge is 0.0826 e. The Kier molecular flexibility index (Phi) is 4.14. The van der Waals surface area contributed by atoms with Crippen molar-refractivity contribution >= 4 is 0 Å². The molecule has 0 aliphatic heterocycles. The first-order valence-corrected chi connectivity index (χ1v) is 7.57. The summed E-state index contributed by atoms with van der Waals surface area (Å²) in [6, 6.07) is 0. The standard InChI is InChI=1S/C15H29NO/c1-13-7-11-15(17,12-8-13)14(16)9-5-3-2-4-6-10-14/h13,17H,2-12,16H2,1H3. The van der Waals surface area contributed by atoms with E-state index >= 15 is 0 Å². The number of aliphatic hydroxyl groups is 1. The van der Waals surface area contributed by atoms with Gasteiger partial charge < -0.3 is 10.8 Å². The summed E-state index contributed by atoms with van der Waals surface area (Å²) in [6.07, 6.45) is 12.5. The Morgan fingerprint density at radius 1 is 0.882 bits per heavy atom. The van der Waals surface area contributed by atoms with Gasteiger partial charge in [0, 0.05) is 5.54 Å². The number of hydrogen-bond acceptors (Lipinski definition) is 2. The molecule has 0 unspecified atom stereocenters. The van der Waals surface area contributed by atoms with Gasteiger partial charge in [-0.05, 0) is 44.4 Å². The highest BCUT2D eigenvalue weighted by molar-refractivity contribution is 5.05. The molecule has 0 spiro atoms. The van der Waals surface area contributed by atoms with Crippen molar-refractivity contribution in [3.63, 3.8) is 0 Å². The summed E-state index contributed by atoms with van der Waals surface area (Å²) in [6.45, 7) is 2.29. The van der Waals surface area contributed by atoms with E-state index in [-0.39, 0.29) is 5.54 Å². The van der Waals surface area contributed by atoms with Crippen LogP contribution in [0.1, 0.15) is 77.6 Å². The summed E-state index contributed by atoms with van der Waals surface area (Å²) in [4.78, 5) is 0. The summed E-state index contributed by atoms with van der Waals surface area (Å²) in [5.41, 5.74) is 5.76. The van der Waals surface area contributed by atoms with Crippen LogP contribution in [0.25, 0.3) is 0 Å². The molecule has 2 heteroatoms. The molecule has 0 aromatic heterocycles. The van der Waals surface area contributed by atoms with Crippen molar-refractivity contribution in [2.24, 2.45) is 11.7 Å². The van der Waals surface area contributed by atoms with Crippen LogP contribution in [-0.2, 0) is 0 Å². The minimum atomic E-state index is -0.573. The van der Waals surface area contributed by atoms with E-state index in [1.165, 1.54) is 32.1 Å². The topological polar surface area (TPSA) is 46.2 Å². The van der Waals surface area contributed by atoms with E-state index in [9.17, 15) is 5.11 Å². The van der Waals surface area contributed by atoms with Gasteiger partial charge in [0.15, 0.2) is 0 Å². The molecule has 2 rings (SSSR count). The van der Waals surface area contributed by atoms with Gasteiger partial charge in [0.25, 0.3) is 0 Å². The minimum Gasteiger partial charge on any atom is -0.388 e. The molecule has 0 atom stereocenters. The summed E-state index contributed by atoms with van der Waals surface area (Å²) in [7, 11) is 0. The Hall–Kier alpha value is -0.0800. The lowest BCUT2D eigenvalue weighted by Crippen LogP contribution is -2.61. The normalized spacial score (nSPS) is 39.4. The minimum absolute atomic E-state index is 0.298. The molecule has 0 heterocycles. The lowest BCUT2D eigenvalue weighted by Gasteiger charge is -2.49. The highest BCUT2D eigenvalue weighted by Crippen LogP contribution is 2.43. The molecule has 2 aliphatic carbocycles. The highest BCUT2D eigenvalue weighted by Gasteiger charge is 2.47. The van der Waals surface area contributed by atoms with Crippen LogP contribution in [0.15, 0.2) is 0 Å². The molecule has 0 saturated heterocycles. The Morgan fingerprint density at radius 2 is 1.35 bits per heavy atom. The molecule has 17 heavy (non-hydrogen) atoms. The maximum Gasteiger partial charge on any atom is 0.0826 e. The van der Waals surface area contributed by atoms with Crippen molar-refractivity contribution in [2.45, 2.75) is 88.7 Å². The summed E-state index contributed by atoms with van der Waals surface area (Å²) < 4.78 is 0. The van der Waals surface area contributed by atoms with Crippen LogP contribution >= 0.6 is 0 Å². The molecular formula is C15H29NO. The zero-order valence-corrected chi connectivity index (χ0v) is 11.4. The molecule has 100 valence electrons. The van der Waals surface area contributed by atoms with E-state index in [4.69, 9.17) is 5.73 Å². The van der Waals surface area contributed by atoms with Gasteiger partial charge in [0.05, 0.1) is 5.60 Å². The van der Waals surface area contributed by atoms with E-state index in [1.54, 1.807) is 0 Å². The van der Waals surface area contributed by atoms with Crippen LogP contribution < -0.4 is 5.73 Å². The van der Waals surface area contributed by atoms with Crippen LogP contribution in [0.5, 0.6) is 0 Å². The fraction of sp³-hybridized carbons (Fsp3) is 1.00. The monoisotopic (exact) mass is 239 g/mol. The van der Waals surface area contributed by atoms with Gasteiger partial charge in [-0.1, -0.05) is 39.0 Å².